The third-order valence-electron chi connectivity index (χ3n) is 2.54. The second kappa shape index (κ2) is 3.50. The fourth-order valence-electron chi connectivity index (χ4n) is 1.85. The van der Waals surface area contributed by atoms with Crippen LogP contribution >= 0.6 is 0 Å². The van der Waals surface area contributed by atoms with Crippen molar-refractivity contribution in [1.82, 2.24) is 15.1 Å². The van der Waals surface area contributed by atoms with E-state index in [1.54, 1.807) is 0 Å². The van der Waals surface area contributed by atoms with Gasteiger partial charge in [0.15, 0.2) is 5.69 Å². The lowest BCUT2D eigenvalue weighted by atomic mass is 9.99. The van der Waals surface area contributed by atoms with Crippen molar-refractivity contribution in [2.45, 2.75) is 18.5 Å². The van der Waals surface area contributed by atoms with Gasteiger partial charge < -0.3 is 5.32 Å². The molecule has 1 amide bonds. The maximum Gasteiger partial charge on any atom is 0.435 e. The maximum atomic E-state index is 12.6. The first-order valence-corrected chi connectivity index (χ1v) is 4.75. The first-order chi connectivity index (χ1) is 7.38. The summed E-state index contributed by atoms with van der Waals surface area (Å²) >= 11 is 0. The van der Waals surface area contributed by atoms with E-state index in [4.69, 9.17) is 0 Å². The van der Waals surface area contributed by atoms with Crippen LogP contribution in [0.25, 0.3) is 0 Å². The Morgan fingerprint density at radius 1 is 1.56 bits per heavy atom. The highest BCUT2D eigenvalue weighted by Crippen LogP contribution is 2.35. The molecular formula is C9H10F3N3O. The predicted octanol–water partition coefficient (Wildman–Crippen LogP) is 1.04. The van der Waals surface area contributed by atoms with Gasteiger partial charge in [0, 0.05) is 37.7 Å². The zero-order chi connectivity index (χ0) is 11.9. The lowest BCUT2D eigenvalue weighted by molar-refractivity contribution is -0.142. The highest BCUT2D eigenvalue weighted by atomic mass is 19.4. The highest BCUT2D eigenvalue weighted by Gasteiger charge is 2.40. The molecule has 1 atom stereocenters. The maximum absolute atomic E-state index is 12.6. The zero-order valence-electron chi connectivity index (χ0n) is 8.51. The van der Waals surface area contributed by atoms with Gasteiger partial charge in [0.05, 0.1) is 0 Å². The van der Waals surface area contributed by atoms with Crippen LogP contribution in [0.3, 0.4) is 0 Å². The number of hydrogen-bond acceptors (Lipinski definition) is 2. The number of nitrogens with one attached hydrogen (secondary N) is 1. The Labute approximate surface area is 89.4 Å². The molecule has 0 spiro atoms. The normalized spacial score (nSPS) is 21.2. The number of amides is 1. The number of carbonyl (C=O) groups is 1. The van der Waals surface area contributed by atoms with E-state index in [9.17, 15) is 18.0 Å². The van der Waals surface area contributed by atoms with Crippen molar-refractivity contribution in [2.24, 2.45) is 7.05 Å². The molecule has 2 heterocycles. The third kappa shape index (κ3) is 1.89. The topological polar surface area (TPSA) is 46.9 Å². The summed E-state index contributed by atoms with van der Waals surface area (Å²) in [5, 5.41) is 5.92. The average Bonchev–Trinajstić information content (AvgIpc) is 2.70. The number of rotatable bonds is 1. The van der Waals surface area contributed by atoms with Crippen molar-refractivity contribution >= 4 is 5.91 Å². The molecule has 0 aromatic carbocycles. The van der Waals surface area contributed by atoms with Gasteiger partial charge in [0.25, 0.3) is 0 Å². The quantitative estimate of drug-likeness (QED) is 0.787. The Bertz CT molecular complexity index is 424. The summed E-state index contributed by atoms with van der Waals surface area (Å²) in [7, 11) is 1.43. The lowest BCUT2D eigenvalue weighted by Gasteiger charge is -2.09. The summed E-state index contributed by atoms with van der Waals surface area (Å²) in [6, 6.07) is 0. The van der Waals surface area contributed by atoms with Crippen LogP contribution in [0.15, 0.2) is 6.20 Å². The minimum absolute atomic E-state index is 0.0911. The van der Waals surface area contributed by atoms with E-state index >= 15 is 0 Å². The Hall–Kier alpha value is -1.53. The molecule has 7 heteroatoms. The second-order valence-electron chi connectivity index (χ2n) is 3.81. The van der Waals surface area contributed by atoms with Crippen molar-refractivity contribution in [3.05, 3.63) is 17.5 Å². The largest absolute Gasteiger partial charge is 0.435 e. The number of hydrogen-bond donors (Lipinski definition) is 1. The van der Waals surface area contributed by atoms with E-state index in [1.165, 1.54) is 13.2 Å². The van der Waals surface area contributed by atoms with Gasteiger partial charge in [0.1, 0.15) is 0 Å². The van der Waals surface area contributed by atoms with Gasteiger partial charge in [-0.15, -0.1) is 0 Å². The Kier molecular flexibility index (Phi) is 2.40. The van der Waals surface area contributed by atoms with Gasteiger partial charge in [-0.1, -0.05) is 0 Å². The van der Waals surface area contributed by atoms with Gasteiger partial charge in [-0.05, 0) is 0 Å². The van der Waals surface area contributed by atoms with Crippen LogP contribution in [0.2, 0.25) is 0 Å². The zero-order valence-corrected chi connectivity index (χ0v) is 8.51. The molecule has 1 unspecified atom stereocenters. The molecule has 0 bridgehead atoms. The molecule has 16 heavy (non-hydrogen) atoms. The summed E-state index contributed by atoms with van der Waals surface area (Å²) < 4.78 is 39.0. The van der Waals surface area contributed by atoms with Crippen molar-refractivity contribution < 1.29 is 18.0 Å². The van der Waals surface area contributed by atoms with E-state index in [-0.39, 0.29) is 24.4 Å². The van der Waals surface area contributed by atoms with Crippen LogP contribution in [0.1, 0.15) is 23.6 Å². The molecule has 1 fully saturated rings. The van der Waals surface area contributed by atoms with Crippen LogP contribution in [0, 0.1) is 0 Å². The number of halogens is 3. The summed E-state index contributed by atoms with van der Waals surface area (Å²) in [6.07, 6.45) is -3.05. The molecule has 1 aromatic heterocycles. The van der Waals surface area contributed by atoms with Gasteiger partial charge >= 0.3 is 6.18 Å². The Morgan fingerprint density at radius 3 is 2.75 bits per heavy atom. The third-order valence-corrected chi connectivity index (χ3v) is 2.54. The first kappa shape index (κ1) is 11.0. The number of alkyl halides is 3. The van der Waals surface area contributed by atoms with Crippen LogP contribution < -0.4 is 5.32 Å². The molecule has 1 N–H and O–H groups in total. The summed E-state index contributed by atoms with van der Waals surface area (Å²) in [5.74, 6) is -0.653. The van der Waals surface area contributed by atoms with E-state index in [0.29, 0.717) is 0 Å². The number of nitrogens with zero attached hydrogens (tertiary/aromatic N) is 2. The molecule has 0 radical (unpaired) electrons. The standard InChI is InChI=1S/C9H10F3N3O/c1-15-4-6(5-2-7(16)13-3-5)8(14-15)9(10,11)12/h4-5H,2-3H2,1H3,(H,13,16). The summed E-state index contributed by atoms with van der Waals surface area (Å²) in [4.78, 5) is 11.0. The average molecular weight is 233 g/mol. The van der Waals surface area contributed by atoms with Crippen LogP contribution in [-0.2, 0) is 18.0 Å². The lowest BCUT2D eigenvalue weighted by Crippen LogP contribution is -2.15. The first-order valence-electron chi connectivity index (χ1n) is 4.75. The molecule has 0 aliphatic carbocycles. The summed E-state index contributed by atoms with van der Waals surface area (Å²) in [6.45, 7) is 0.244. The van der Waals surface area contributed by atoms with Crippen molar-refractivity contribution in [3.8, 4) is 0 Å². The Balaban J connectivity index is 2.37. The van der Waals surface area contributed by atoms with Gasteiger partial charge in [-0.3, -0.25) is 9.48 Å². The van der Waals surface area contributed by atoms with Crippen molar-refractivity contribution in [2.75, 3.05) is 6.54 Å². The fourth-order valence-corrected chi connectivity index (χ4v) is 1.85. The van der Waals surface area contributed by atoms with E-state index in [1.807, 2.05) is 0 Å². The molecule has 4 nitrogen and oxygen atoms in total. The van der Waals surface area contributed by atoms with E-state index in [0.717, 1.165) is 4.68 Å². The Morgan fingerprint density at radius 2 is 2.25 bits per heavy atom. The van der Waals surface area contributed by atoms with Crippen LogP contribution in [0.4, 0.5) is 13.2 Å². The van der Waals surface area contributed by atoms with Crippen molar-refractivity contribution in [3.63, 3.8) is 0 Å². The molecular weight excluding hydrogens is 223 g/mol. The van der Waals surface area contributed by atoms with Crippen molar-refractivity contribution in [1.29, 1.82) is 0 Å². The minimum atomic E-state index is -4.47. The minimum Gasteiger partial charge on any atom is -0.355 e. The number of aryl methyl sites for hydroxylation is 1. The number of aromatic nitrogens is 2. The van der Waals surface area contributed by atoms with Gasteiger partial charge in [-0.2, -0.15) is 18.3 Å². The molecule has 1 aliphatic heterocycles. The number of carbonyl (C=O) groups excluding carboxylic acids is 1. The van der Waals surface area contributed by atoms with E-state index < -0.39 is 17.8 Å². The monoisotopic (exact) mass is 233 g/mol. The molecule has 1 saturated heterocycles. The van der Waals surface area contributed by atoms with Crippen LogP contribution in [-0.4, -0.2) is 22.2 Å². The second-order valence-corrected chi connectivity index (χ2v) is 3.81. The van der Waals surface area contributed by atoms with Gasteiger partial charge in [-0.25, -0.2) is 0 Å². The van der Waals surface area contributed by atoms with Crippen LogP contribution in [0.5, 0.6) is 0 Å². The molecule has 1 aromatic rings. The summed E-state index contributed by atoms with van der Waals surface area (Å²) in [5.41, 5.74) is -0.801. The molecule has 0 saturated carbocycles. The molecule has 1 aliphatic rings. The smallest absolute Gasteiger partial charge is 0.355 e. The van der Waals surface area contributed by atoms with Gasteiger partial charge in [0.2, 0.25) is 5.91 Å². The van der Waals surface area contributed by atoms with E-state index in [2.05, 4.69) is 10.4 Å². The molecule has 88 valence electrons. The SMILES string of the molecule is Cn1cc(C2CNC(=O)C2)c(C(F)(F)F)n1. The molecule has 2 rings (SSSR count). The fraction of sp³-hybridized carbons (Fsp3) is 0.556. The predicted molar refractivity (Wildman–Crippen MR) is 48.6 cm³/mol. The highest BCUT2D eigenvalue weighted by molar-refractivity contribution is 5.79.